The molecule has 1 aromatic heterocycles. The van der Waals surface area contributed by atoms with E-state index in [-0.39, 0.29) is 0 Å². The van der Waals surface area contributed by atoms with E-state index in [1.165, 1.54) is 4.20 Å². The normalized spacial score (nSPS) is 11.4. The molecule has 0 atom stereocenters. The minimum atomic E-state index is 0.879. The highest BCUT2D eigenvalue weighted by molar-refractivity contribution is 6.18. The number of nitrogens with zero attached hydrogens (tertiary/aromatic N) is 2. The van der Waals surface area contributed by atoms with Crippen LogP contribution < -0.4 is 0 Å². The van der Waals surface area contributed by atoms with Crippen LogP contribution in [-0.2, 0) is 0 Å². The van der Waals surface area contributed by atoms with Gasteiger partial charge in [-0.2, -0.15) is 9.30 Å². The second kappa shape index (κ2) is 4.67. The number of fused-ring (bicyclic) bond motifs is 1. The van der Waals surface area contributed by atoms with Gasteiger partial charge in [0.15, 0.2) is 0 Å². The van der Waals surface area contributed by atoms with Crippen LogP contribution in [0.25, 0.3) is 23.1 Å². The van der Waals surface area contributed by atoms with E-state index in [1.54, 1.807) is 0 Å². The Hall–Kier alpha value is -2.06. The second-order valence-electron chi connectivity index (χ2n) is 4.01. The van der Waals surface area contributed by atoms with E-state index in [0.717, 1.165) is 22.2 Å². The molecule has 0 aliphatic rings. The van der Waals surface area contributed by atoms with Crippen molar-refractivity contribution in [3.05, 3.63) is 65.9 Å². The van der Waals surface area contributed by atoms with Crippen molar-refractivity contribution in [2.45, 2.75) is 0 Å². The summed E-state index contributed by atoms with van der Waals surface area (Å²) < 4.78 is 1.39. The molecular weight excluding hydrogens is 244 g/mol. The van der Waals surface area contributed by atoms with Crippen LogP contribution in [0.3, 0.4) is 0 Å². The first-order chi connectivity index (χ1) is 8.84. The Kier molecular flexibility index (Phi) is 2.87. The average Bonchev–Trinajstić information content (AvgIpc) is 2.75. The molecule has 0 saturated carbocycles. The molecule has 0 fully saturated rings. The largest absolute Gasteiger partial charge is 0.172 e. The topological polar surface area (TPSA) is 17.8 Å². The third kappa shape index (κ3) is 2.03. The molecule has 2 nitrogen and oxygen atoms in total. The molecule has 0 bridgehead atoms. The van der Waals surface area contributed by atoms with E-state index in [0.29, 0.717) is 0 Å². The zero-order valence-electron chi connectivity index (χ0n) is 9.62. The molecule has 0 aliphatic carbocycles. The van der Waals surface area contributed by atoms with E-state index >= 15 is 0 Å². The van der Waals surface area contributed by atoms with E-state index in [1.807, 2.05) is 54.6 Å². The summed E-state index contributed by atoms with van der Waals surface area (Å²) >= 11 is 6.03. The molecule has 1 heterocycles. The van der Waals surface area contributed by atoms with Crippen LogP contribution in [0.15, 0.2) is 54.6 Å². The molecule has 0 radical (unpaired) electrons. The SMILES string of the molecule is Cln1nc(C=Cc2ccccc2)c2ccccc21. The Morgan fingerprint density at radius 2 is 1.61 bits per heavy atom. The predicted octanol–water partition coefficient (Wildman–Crippen LogP) is 4.21. The van der Waals surface area contributed by atoms with E-state index in [9.17, 15) is 0 Å². The lowest BCUT2D eigenvalue weighted by Crippen LogP contribution is -1.81. The van der Waals surface area contributed by atoms with Gasteiger partial charge in [-0.1, -0.05) is 54.6 Å². The van der Waals surface area contributed by atoms with Gasteiger partial charge in [-0.3, -0.25) is 0 Å². The summed E-state index contributed by atoms with van der Waals surface area (Å²) in [5.41, 5.74) is 2.95. The van der Waals surface area contributed by atoms with Gasteiger partial charge in [-0.25, -0.2) is 0 Å². The summed E-state index contributed by atoms with van der Waals surface area (Å²) in [5, 5.41) is 5.36. The Bertz CT molecular complexity index is 699. The van der Waals surface area contributed by atoms with E-state index in [4.69, 9.17) is 11.8 Å². The van der Waals surface area contributed by atoms with Gasteiger partial charge in [0.25, 0.3) is 0 Å². The lowest BCUT2D eigenvalue weighted by atomic mass is 10.1. The Morgan fingerprint density at radius 3 is 2.44 bits per heavy atom. The Balaban J connectivity index is 2.03. The smallest absolute Gasteiger partial charge is 0.0945 e. The molecule has 18 heavy (non-hydrogen) atoms. The lowest BCUT2D eigenvalue weighted by Gasteiger charge is -1.91. The van der Waals surface area contributed by atoms with Gasteiger partial charge < -0.3 is 0 Å². The van der Waals surface area contributed by atoms with Crippen molar-refractivity contribution in [2.75, 3.05) is 0 Å². The molecule has 0 N–H and O–H groups in total. The molecule has 88 valence electrons. The van der Waals surface area contributed by atoms with Crippen LogP contribution in [-0.4, -0.2) is 9.30 Å². The fourth-order valence-corrected chi connectivity index (χ4v) is 2.14. The quantitative estimate of drug-likeness (QED) is 0.670. The third-order valence-corrected chi connectivity index (χ3v) is 3.07. The zero-order valence-corrected chi connectivity index (χ0v) is 10.4. The average molecular weight is 255 g/mol. The molecule has 0 amide bonds. The van der Waals surface area contributed by atoms with Crippen LogP contribution in [0.1, 0.15) is 11.3 Å². The molecule has 3 rings (SSSR count). The Morgan fingerprint density at radius 1 is 0.889 bits per heavy atom. The maximum atomic E-state index is 6.03. The summed E-state index contributed by atoms with van der Waals surface area (Å²) in [6.45, 7) is 0. The van der Waals surface area contributed by atoms with Crippen molar-refractivity contribution in [3.63, 3.8) is 0 Å². The summed E-state index contributed by atoms with van der Waals surface area (Å²) in [5.74, 6) is 0. The van der Waals surface area contributed by atoms with Gasteiger partial charge >= 0.3 is 0 Å². The fraction of sp³-hybridized carbons (Fsp3) is 0. The van der Waals surface area contributed by atoms with Crippen LogP contribution >= 0.6 is 11.8 Å². The lowest BCUT2D eigenvalue weighted by molar-refractivity contribution is 1.02. The molecule has 0 unspecified atom stereocenters. The van der Waals surface area contributed by atoms with Gasteiger partial charge in [-0.15, -0.1) is 0 Å². The molecule has 3 heteroatoms. The first-order valence-corrected chi connectivity index (χ1v) is 6.05. The minimum Gasteiger partial charge on any atom is -0.172 e. The maximum Gasteiger partial charge on any atom is 0.0945 e. The first-order valence-electron chi connectivity index (χ1n) is 5.71. The molecule has 0 aliphatic heterocycles. The minimum absolute atomic E-state index is 0.879. The number of benzene rings is 2. The van der Waals surface area contributed by atoms with Gasteiger partial charge in [0.2, 0.25) is 0 Å². The van der Waals surface area contributed by atoms with Crippen molar-refractivity contribution < 1.29 is 0 Å². The summed E-state index contributed by atoms with van der Waals surface area (Å²) in [7, 11) is 0. The monoisotopic (exact) mass is 254 g/mol. The zero-order chi connectivity index (χ0) is 12.4. The van der Waals surface area contributed by atoms with E-state index in [2.05, 4.69) is 17.2 Å². The summed E-state index contributed by atoms with van der Waals surface area (Å²) in [4.78, 5) is 0. The fourth-order valence-electron chi connectivity index (χ4n) is 1.92. The molecule has 0 spiro atoms. The summed E-state index contributed by atoms with van der Waals surface area (Å²) in [6, 6.07) is 18.0. The standard InChI is InChI=1S/C15H11ClN2/c16-18-15-9-5-4-8-13(15)14(17-18)11-10-12-6-2-1-3-7-12/h1-11H. The molecule has 0 saturated heterocycles. The van der Waals surface area contributed by atoms with Gasteiger partial charge in [0.05, 0.1) is 11.2 Å². The first kappa shape index (κ1) is 11.1. The van der Waals surface area contributed by atoms with Gasteiger partial charge in [0.1, 0.15) is 0 Å². The maximum absolute atomic E-state index is 6.03. The van der Waals surface area contributed by atoms with Gasteiger partial charge in [-0.05, 0) is 17.7 Å². The van der Waals surface area contributed by atoms with Crippen molar-refractivity contribution in [1.29, 1.82) is 0 Å². The van der Waals surface area contributed by atoms with Gasteiger partial charge in [0, 0.05) is 17.2 Å². The highest BCUT2D eigenvalue weighted by Crippen LogP contribution is 2.21. The Labute approximate surface area is 110 Å². The van der Waals surface area contributed by atoms with Crippen LogP contribution in [0.2, 0.25) is 0 Å². The van der Waals surface area contributed by atoms with Crippen molar-refractivity contribution in [3.8, 4) is 0 Å². The molecule has 2 aromatic carbocycles. The molecule has 3 aromatic rings. The van der Waals surface area contributed by atoms with Crippen molar-refractivity contribution in [2.24, 2.45) is 0 Å². The van der Waals surface area contributed by atoms with Crippen LogP contribution in [0.4, 0.5) is 0 Å². The highest BCUT2D eigenvalue weighted by Gasteiger charge is 2.05. The van der Waals surface area contributed by atoms with Crippen LogP contribution in [0, 0.1) is 0 Å². The number of aromatic nitrogens is 2. The highest BCUT2D eigenvalue weighted by atomic mass is 35.5. The summed E-state index contributed by atoms with van der Waals surface area (Å²) in [6.07, 6.45) is 4.02. The van der Waals surface area contributed by atoms with Crippen molar-refractivity contribution >= 4 is 34.8 Å². The number of hydrogen-bond donors (Lipinski definition) is 0. The third-order valence-electron chi connectivity index (χ3n) is 2.81. The van der Waals surface area contributed by atoms with E-state index < -0.39 is 0 Å². The van der Waals surface area contributed by atoms with Crippen LogP contribution in [0.5, 0.6) is 0 Å². The second-order valence-corrected chi connectivity index (χ2v) is 4.33. The number of halogens is 1. The molecular formula is C15H11ClN2. The number of para-hydroxylation sites is 1. The number of hydrogen-bond acceptors (Lipinski definition) is 1. The predicted molar refractivity (Wildman–Crippen MR) is 76.4 cm³/mol. The van der Waals surface area contributed by atoms with Crippen molar-refractivity contribution in [1.82, 2.24) is 9.30 Å². The number of rotatable bonds is 2.